The molecule has 7 heteroatoms. The fourth-order valence-corrected chi connectivity index (χ4v) is 1.23. The van der Waals surface area contributed by atoms with Crippen LogP contribution in [0.2, 0.25) is 0 Å². The lowest BCUT2D eigenvalue weighted by molar-refractivity contribution is 0.410. The van der Waals surface area contributed by atoms with Gasteiger partial charge in [-0.3, -0.25) is 0 Å². The Hall–Kier alpha value is -0.980. The highest BCUT2D eigenvalue weighted by atomic mass is 32.2. The van der Waals surface area contributed by atoms with E-state index in [0.717, 1.165) is 0 Å². The van der Waals surface area contributed by atoms with Crippen LogP contribution >= 0.6 is 11.8 Å². The van der Waals surface area contributed by atoms with E-state index in [0.29, 0.717) is 0 Å². The van der Waals surface area contributed by atoms with E-state index in [1.54, 1.807) is 0 Å². The van der Waals surface area contributed by atoms with E-state index >= 15 is 0 Å². The van der Waals surface area contributed by atoms with Crippen molar-refractivity contribution in [2.45, 2.75) is 18.6 Å². The van der Waals surface area contributed by atoms with Crippen molar-refractivity contribution in [3.05, 3.63) is 23.5 Å². The first-order valence-electron chi connectivity index (χ1n) is 4.77. The number of hydrogen-bond donors (Lipinski definition) is 1. The van der Waals surface area contributed by atoms with E-state index in [9.17, 15) is 17.6 Å². The maximum absolute atomic E-state index is 13.2. The molecule has 0 aliphatic heterocycles. The number of anilines is 1. The van der Waals surface area contributed by atoms with Crippen LogP contribution in [0.25, 0.3) is 0 Å². The van der Waals surface area contributed by atoms with E-state index in [1.807, 2.05) is 20.1 Å². The van der Waals surface area contributed by atoms with Gasteiger partial charge < -0.3 is 5.32 Å². The Balaban J connectivity index is 2.99. The third kappa shape index (κ3) is 3.24. The number of hydrogen-bond acceptors (Lipinski definition) is 3. The summed E-state index contributed by atoms with van der Waals surface area (Å²) in [6.45, 7) is 3.81. The van der Waals surface area contributed by atoms with Gasteiger partial charge in [0.05, 0.1) is 0 Å². The second-order valence-corrected chi connectivity index (χ2v) is 5.53. The molecule has 1 heterocycles. The summed E-state index contributed by atoms with van der Waals surface area (Å²) in [7, 11) is 0. The third-order valence-corrected chi connectivity index (χ3v) is 3.49. The highest BCUT2D eigenvalue weighted by molar-refractivity contribution is 7.99. The molecular formula is C10H12F4N2S. The van der Waals surface area contributed by atoms with Crippen molar-refractivity contribution >= 4 is 17.4 Å². The van der Waals surface area contributed by atoms with Crippen molar-refractivity contribution < 1.29 is 17.6 Å². The predicted octanol–water partition coefficient (Wildman–Crippen LogP) is 3.19. The van der Waals surface area contributed by atoms with Crippen molar-refractivity contribution in [1.29, 1.82) is 0 Å². The molecule has 17 heavy (non-hydrogen) atoms. The monoisotopic (exact) mass is 268 g/mol. The maximum Gasteiger partial charge on any atom is 0.253 e. The standard InChI is InChI=1S/C10H12F4N2S/c1-10(2,17-3)4-15-7-5(11)8(13)16-9(14)6(7)12/h4H2,1-3H3,(H,15,16). The first kappa shape index (κ1) is 14.1. The second kappa shape index (κ2) is 5.12. The fourth-order valence-electron chi connectivity index (χ4n) is 1.02. The lowest BCUT2D eigenvalue weighted by Crippen LogP contribution is -2.27. The molecule has 1 rings (SSSR count). The molecule has 0 radical (unpaired) electrons. The number of thioether (sulfide) groups is 1. The van der Waals surface area contributed by atoms with E-state index in [1.165, 1.54) is 11.8 Å². The molecule has 0 fully saturated rings. The molecule has 1 aromatic rings. The summed E-state index contributed by atoms with van der Waals surface area (Å²) in [4.78, 5) is 2.47. The van der Waals surface area contributed by atoms with Crippen molar-refractivity contribution in [3.8, 4) is 0 Å². The average Bonchev–Trinajstić information content (AvgIpc) is 2.26. The van der Waals surface area contributed by atoms with Gasteiger partial charge in [0.2, 0.25) is 11.6 Å². The zero-order chi connectivity index (χ0) is 13.2. The van der Waals surface area contributed by atoms with Gasteiger partial charge in [-0.05, 0) is 20.1 Å². The molecule has 0 aromatic carbocycles. The summed E-state index contributed by atoms with van der Waals surface area (Å²) >= 11 is 1.46. The summed E-state index contributed by atoms with van der Waals surface area (Å²) in [6, 6.07) is 0. The van der Waals surface area contributed by atoms with Gasteiger partial charge in [0.1, 0.15) is 5.69 Å². The first-order chi connectivity index (χ1) is 7.78. The number of nitrogens with one attached hydrogen (secondary N) is 1. The van der Waals surface area contributed by atoms with Crippen LogP contribution in [-0.4, -0.2) is 22.5 Å². The van der Waals surface area contributed by atoms with Crippen LogP contribution in [0.1, 0.15) is 13.8 Å². The van der Waals surface area contributed by atoms with Crippen molar-refractivity contribution in [1.82, 2.24) is 4.98 Å². The van der Waals surface area contributed by atoms with Gasteiger partial charge >= 0.3 is 0 Å². The van der Waals surface area contributed by atoms with Crippen LogP contribution in [0.15, 0.2) is 0 Å². The van der Waals surface area contributed by atoms with Crippen LogP contribution in [0.3, 0.4) is 0 Å². The van der Waals surface area contributed by atoms with Crippen LogP contribution < -0.4 is 5.32 Å². The molecule has 2 nitrogen and oxygen atoms in total. The molecule has 0 atom stereocenters. The van der Waals surface area contributed by atoms with Crippen LogP contribution in [0.4, 0.5) is 23.2 Å². The van der Waals surface area contributed by atoms with Crippen LogP contribution in [0.5, 0.6) is 0 Å². The molecule has 0 unspecified atom stereocenters. The van der Waals surface area contributed by atoms with Crippen molar-refractivity contribution in [2.75, 3.05) is 18.1 Å². The number of rotatable bonds is 4. The maximum atomic E-state index is 13.2. The van der Waals surface area contributed by atoms with Gasteiger partial charge in [-0.2, -0.15) is 34.3 Å². The molecule has 0 bridgehead atoms. The van der Waals surface area contributed by atoms with Gasteiger partial charge in [-0.1, -0.05) is 0 Å². The molecular weight excluding hydrogens is 256 g/mol. The summed E-state index contributed by atoms with van der Waals surface area (Å²) in [5.74, 6) is -6.34. The minimum absolute atomic E-state index is 0.158. The van der Waals surface area contributed by atoms with E-state index in [-0.39, 0.29) is 11.3 Å². The van der Waals surface area contributed by atoms with Gasteiger partial charge in [0, 0.05) is 11.3 Å². The number of aromatic nitrogens is 1. The minimum Gasteiger partial charge on any atom is -0.379 e. The lowest BCUT2D eigenvalue weighted by atomic mass is 10.2. The Morgan fingerprint density at radius 3 is 2.00 bits per heavy atom. The number of pyridine rings is 1. The normalized spacial score (nSPS) is 11.7. The summed E-state index contributed by atoms with van der Waals surface area (Å²) < 4.78 is 51.7. The lowest BCUT2D eigenvalue weighted by Gasteiger charge is -2.23. The first-order valence-corrected chi connectivity index (χ1v) is 6.00. The molecule has 0 saturated carbocycles. The van der Waals surface area contributed by atoms with Gasteiger partial charge in [0.15, 0.2) is 0 Å². The minimum atomic E-state index is -1.66. The van der Waals surface area contributed by atoms with Crippen LogP contribution in [-0.2, 0) is 0 Å². The molecule has 1 N–H and O–H groups in total. The average molecular weight is 268 g/mol. The highest BCUT2D eigenvalue weighted by Gasteiger charge is 2.23. The largest absolute Gasteiger partial charge is 0.379 e. The summed E-state index contributed by atoms with van der Waals surface area (Å²) in [6.07, 6.45) is 1.82. The zero-order valence-electron chi connectivity index (χ0n) is 9.57. The smallest absolute Gasteiger partial charge is 0.253 e. The van der Waals surface area contributed by atoms with Crippen molar-refractivity contribution in [2.24, 2.45) is 0 Å². The molecule has 0 spiro atoms. The van der Waals surface area contributed by atoms with Gasteiger partial charge in [-0.25, -0.2) is 0 Å². The Labute approximate surface area is 101 Å². The van der Waals surface area contributed by atoms with E-state index in [2.05, 4.69) is 10.3 Å². The van der Waals surface area contributed by atoms with E-state index in [4.69, 9.17) is 0 Å². The Morgan fingerprint density at radius 1 is 1.12 bits per heavy atom. The van der Waals surface area contributed by atoms with Crippen molar-refractivity contribution in [3.63, 3.8) is 0 Å². The van der Waals surface area contributed by atoms with Crippen LogP contribution in [0, 0.1) is 23.5 Å². The number of nitrogens with zero attached hydrogens (tertiary/aromatic N) is 1. The summed E-state index contributed by atoms with van der Waals surface area (Å²) in [5, 5.41) is 2.36. The predicted molar refractivity (Wildman–Crippen MR) is 60.2 cm³/mol. The Morgan fingerprint density at radius 2 is 1.59 bits per heavy atom. The molecule has 1 aromatic heterocycles. The molecule has 96 valence electrons. The summed E-state index contributed by atoms with van der Waals surface area (Å²) in [5.41, 5.74) is -0.822. The number of halogens is 4. The Kier molecular flexibility index (Phi) is 4.24. The molecule has 0 aliphatic carbocycles. The topological polar surface area (TPSA) is 24.9 Å². The Bertz CT molecular complexity index is 397. The SMILES string of the molecule is CSC(C)(C)CNc1c(F)c(F)nc(F)c1F. The quantitative estimate of drug-likeness (QED) is 0.670. The molecule has 0 aliphatic rings. The second-order valence-electron chi connectivity index (χ2n) is 4.01. The zero-order valence-corrected chi connectivity index (χ0v) is 10.4. The highest BCUT2D eigenvalue weighted by Crippen LogP contribution is 2.25. The molecule has 0 amide bonds. The third-order valence-electron chi connectivity index (χ3n) is 2.24. The van der Waals surface area contributed by atoms with Gasteiger partial charge in [0.25, 0.3) is 11.9 Å². The van der Waals surface area contributed by atoms with Gasteiger partial charge in [-0.15, -0.1) is 0 Å². The molecule has 0 saturated heterocycles. The fraction of sp³-hybridized carbons (Fsp3) is 0.500. The van der Waals surface area contributed by atoms with E-state index < -0.39 is 29.2 Å².